The van der Waals surface area contributed by atoms with Crippen LogP contribution in [0, 0.1) is 0 Å². The van der Waals surface area contributed by atoms with Crippen molar-refractivity contribution in [3.63, 3.8) is 0 Å². The van der Waals surface area contributed by atoms with E-state index in [9.17, 15) is 0 Å². The lowest BCUT2D eigenvalue weighted by molar-refractivity contribution is 0.272. The van der Waals surface area contributed by atoms with Gasteiger partial charge in [0.15, 0.2) is 11.0 Å². The van der Waals surface area contributed by atoms with Gasteiger partial charge in [-0.15, -0.1) is 10.2 Å². The van der Waals surface area contributed by atoms with E-state index in [0.717, 1.165) is 35.4 Å². The maximum absolute atomic E-state index is 4.60. The average molecular weight is 433 g/mol. The predicted octanol–water partition coefficient (Wildman–Crippen LogP) is 4.82. The first-order valence-corrected chi connectivity index (χ1v) is 11.5. The molecule has 2 heterocycles. The van der Waals surface area contributed by atoms with Gasteiger partial charge in [-0.1, -0.05) is 61.2 Å². The highest BCUT2D eigenvalue weighted by Crippen LogP contribution is 2.28. The van der Waals surface area contributed by atoms with Crippen molar-refractivity contribution in [2.24, 2.45) is 0 Å². The van der Waals surface area contributed by atoms with Gasteiger partial charge in [0.05, 0.1) is 18.3 Å². The number of thioether (sulfide) groups is 1. The molecule has 0 fully saturated rings. The van der Waals surface area contributed by atoms with Crippen molar-refractivity contribution in [2.75, 3.05) is 14.1 Å². The standard InChI is InChI=1S/C24H28N6S/c1-4-22(28(2)3)23-26-27-24(29(23)17-19-9-6-5-7-10-19)31-18-20-11-13-21(14-12-20)30-16-8-15-25-30/h5-16,22H,4,17-18H2,1-3H3/t22-/m0/s1. The Morgan fingerprint density at radius 3 is 2.35 bits per heavy atom. The molecule has 0 aliphatic carbocycles. The largest absolute Gasteiger partial charge is 0.300 e. The Morgan fingerprint density at radius 2 is 1.71 bits per heavy atom. The van der Waals surface area contributed by atoms with Crippen molar-refractivity contribution in [3.8, 4) is 5.69 Å². The van der Waals surface area contributed by atoms with Crippen LogP contribution in [0.2, 0.25) is 0 Å². The predicted molar refractivity (Wildman–Crippen MR) is 125 cm³/mol. The molecule has 0 aliphatic rings. The Labute approximate surface area is 187 Å². The van der Waals surface area contributed by atoms with Crippen LogP contribution in [-0.4, -0.2) is 43.5 Å². The van der Waals surface area contributed by atoms with Gasteiger partial charge in [0.1, 0.15) is 0 Å². The van der Waals surface area contributed by atoms with Crippen molar-refractivity contribution in [3.05, 3.63) is 90.0 Å². The maximum Gasteiger partial charge on any atom is 0.191 e. The zero-order chi connectivity index (χ0) is 21.6. The summed E-state index contributed by atoms with van der Waals surface area (Å²) in [5.41, 5.74) is 3.56. The summed E-state index contributed by atoms with van der Waals surface area (Å²) >= 11 is 1.73. The lowest BCUT2D eigenvalue weighted by atomic mass is 10.2. The minimum Gasteiger partial charge on any atom is -0.300 e. The second kappa shape index (κ2) is 9.94. The van der Waals surface area contributed by atoms with E-state index in [1.54, 1.807) is 18.0 Å². The fourth-order valence-corrected chi connectivity index (χ4v) is 4.56. The van der Waals surface area contributed by atoms with E-state index in [1.165, 1.54) is 11.1 Å². The molecule has 0 saturated heterocycles. The fourth-order valence-electron chi connectivity index (χ4n) is 3.66. The average Bonchev–Trinajstić information content (AvgIpc) is 3.45. The third-order valence-corrected chi connectivity index (χ3v) is 6.35. The van der Waals surface area contributed by atoms with Crippen molar-refractivity contribution >= 4 is 11.8 Å². The summed E-state index contributed by atoms with van der Waals surface area (Å²) in [6.07, 6.45) is 4.73. The first kappa shape index (κ1) is 21.3. The molecule has 2 aromatic carbocycles. The number of aromatic nitrogens is 5. The van der Waals surface area contributed by atoms with Crippen molar-refractivity contribution in [1.82, 2.24) is 29.4 Å². The van der Waals surface area contributed by atoms with E-state index in [2.05, 4.69) is 94.3 Å². The molecule has 4 rings (SSSR count). The lowest BCUT2D eigenvalue weighted by Crippen LogP contribution is -2.23. The highest BCUT2D eigenvalue weighted by molar-refractivity contribution is 7.98. The molecule has 0 unspecified atom stereocenters. The molecule has 0 radical (unpaired) electrons. The van der Waals surface area contributed by atoms with E-state index in [1.807, 2.05) is 23.0 Å². The Hall–Kier alpha value is -2.90. The van der Waals surface area contributed by atoms with Crippen LogP contribution in [-0.2, 0) is 12.3 Å². The zero-order valence-corrected chi connectivity index (χ0v) is 19.0. The van der Waals surface area contributed by atoms with E-state index < -0.39 is 0 Å². The van der Waals surface area contributed by atoms with Crippen molar-refractivity contribution in [2.45, 2.75) is 36.8 Å². The maximum atomic E-state index is 4.60. The summed E-state index contributed by atoms with van der Waals surface area (Å²) in [4.78, 5) is 2.22. The van der Waals surface area contributed by atoms with Crippen LogP contribution in [0.5, 0.6) is 0 Å². The molecule has 31 heavy (non-hydrogen) atoms. The highest BCUT2D eigenvalue weighted by atomic mass is 32.2. The summed E-state index contributed by atoms with van der Waals surface area (Å²) in [6, 6.07) is 21.2. The van der Waals surface area contributed by atoms with Crippen LogP contribution >= 0.6 is 11.8 Å². The molecule has 6 nitrogen and oxygen atoms in total. The molecule has 160 valence electrons. The molecule has 0 spiro atoms. The number of hydrogen-bond donors (Lipinski definition) is 0. The van der Waals surface area contributed by atoms with Crippen LogP contribution in [0.15, 0.2) is 78.2 Å². The van der Waals surface area contributed by atoms with E-state index in [0.29, 0.717) is 0 Å². The molecule has 0 N–H and O–H groups in total. The summed E-state index contributed by atoms with van der Waals surface area (Å²) in [6.45, 7) is 2.97. The number of hydrogen-bond acceptors (Lipinski definition) is 5. The molecule has 1 atom stereocenters. The van der Waals surface area contributed by atoms with Gasteiger partial charge in [-0.3, -0.25) is 4.90 Å². The second-order valence-electron chi connectivity index (χ2n) is 7.71. The summed E-state index contributed by atoms with van der Waals surface area (Å²) < 4.78 is 4.14. The van der Waals surface area contributed by atoms with Gasteiger partial charge in [-0.05, 0) is 49.8 Å². The SMILES string of the molecule is CC[C@@H](c1nnc(SCc2ccc(-n3cccn3)cc2)n1Cc1ccccc1)N(C)C. The molecule has 0 amide bonds. The van der Waals surface area contributed by atoms with Crippen molar-refractivity contribution in [1.29, 1.82) is 0 Å². The Balaban J connectivity index is 1.55. The monoisotopic (exact) mass is 432 g/mol. The van der Waals surface area contributed by atoms with Crippen LogP contribution in [0.1, 0.15) is 36.3 Å². The highest BCUT2D eigenvalue weighted by Gasteiger charge is 2.22. The minimum absolute atomic E-state index is 0.235. The molecule has 2 aromatic heterocycles. The summed E-state index contributed by atoms with van der Waals surface area (Å²) in [5, 5.41) is 14.4. The molecule has 0 saturated carbocycles. The Kier molecular flexibility index (Phi) is 6.84. The Bertz CT molecular complexity index is 1070. The molecule has 0 aliphatic heterocycles. The van der Waals surface area contributed by atoms with E-state index in [4.69, 9.17) is 0 Å². The van der Waals surface area contributed by atoms with Gasteiger partial charge in [-0.2, -0.15) is 5.10 Å². The van der Waals surface area contributed by atoms with Gasteiger partial charge in [0.25, 0.3) is 0 Å². The van der Waals surface area contributed by atoms with Gasteiger partial charge in [0, 0.05) is 18.1 Å². The molecular weight excluding hydrogens is 404 g/mol. The van der Waals surface area contributed by atoms with Crippen LogP contribution < -0.4 is 0 Å². The van der Waals surface area contributed by atoms with E-state index in [-0.39, 0.29) is 6.04 Å². The topological polar surface area (TPSA) is 51.8 Å². The van der Waals surface area contributed by atoms with E-state index >= 15 is 0 Å². The first-order valence-electron chi connectivity index (χ1n) is 10.5. The normalized spacial score (nSPS) is 12.4. The van der Waals surface area contributed by atoms with Gasteiger partial charge in [-0.25, -0.2) is 4.68 Å². The second-order valence-corrected chi connectivity index (χ2v) is 8.65. The third-order valence-electron chi connectivity index (χ3n) is 5.31. The lowest BCUT2D eigenvalue weighted by Gasteiger charge is -2.23. The Morgan fingerprint density at radius 1 is 0.935 bits per heavy atom. The molecule has 0 bridgehead atoms. The summed E-state index contributed by atoms with van der Waals surface area (Å²) in [7, 11) is 4.20. The third kappa shape index (κ3) is 5.06. The molecule has 4 aromatic rings. The summed E-state index contributed by atoms with van der Waals surface area (Å²) in [5.74, 6) is 1.86. The first-order chi connectivity index (χ1) is 15.2. The van der Waals surface area contributed by atoms with Gasteiger partial charge in [0.2, 0.25) is 0 Å². The fraction of sp³-hybridized carbons (Fsp3) is 0.292. The number of nitrogens with zero attached hydrogens (tertiary/aromatic N) is 6. The van der Waals surface area contributed by atoms with Gasteiger partial charge >= 0.3 is 0 Å². The minimum atomic E-state index is 0.235. The quantitative estimate of drug-likeness (QED) is 0.355. The van der Waals surface area contributed by atoms with Gasteiger partial charge < -0.3 is 4.57 Å². The number of rotatable bonds is 9. The smallest absolute Gasteiger partial charge is 0.191 e. The zero-order valence-electron chi connectivity index (χ0n) is 18.2. The van der Waals surface area contributed by atoms with Crippen molar-refractivity contribution < 1.29 is 0 Å². The van der Waals surface area contributed by atoms with Crippen LogP contribution in [0.4, 0.5) is 0 Å². The van der Waals surface area contributed by atoms with Crippen LogP contribution in [0.25, 0.3) is 5.69 Å². The number of benzene rings is 2. The molecular formula is C24H28N6S. The van der Waals surface area contributed by atoms with Crippen LogP contribution in [0.3, 0.4) is 0 Å². The molecule has 7 heteroatoms.